The van der Waals surface area contributed by atoms with E-state index in [-0.39, 0.29) is 42.5 Å². The molecule has 1 unspecified atom stereocenters. The molecule has 178 valence electrons. The molecule has 0 aliphatic carbocycles. The van der Waals surface area contributed by atoms with Gasteiger partial charge in [0.15, 0.2) is 12.2 Å². The Morgan fingerprint density at radius 3 is 2.39 bits per heavy atom. The van der Waals surface area contributed by atoms with E-state index in [0.717, 1.165) is 36.4 Å². The van der Waals surface area contributed by atoms with Gasteiger partial charge in [-0.15, -0.1) is 0 Å². The molecule has 0 radical (unpaired) electrons. The lowest BCUT2D eigenvalue weighted by atomic mass is 9.96. The number of rotatable bonds is 10. The number of alkyl halides is 3. The molecule has 3 N–H and O–H groups in total. The smallest absolute Gasteiger partial charge is 0.416 e. The molecule has 1 atom stereocenters. The Balaban J connectivity index is 1.79. The maximum atomic E-state index is 13.3. The number of nitrogens with one attached hydrogen (secondary N) is 2. The van der Waals surface area contributed by atoms with Gasteiger partial charge in [-0.05, 0) is 49.2 Å². The van der Waals surface area contributed by atoms with Gasteiger partial charge < -0.3 is 20.5 Å². The Labute approximate surface area is 192 Å². The number of anilines is 1. The molecule has 2 amide bonds. The highest BCUT2D eigenvalue weighted by Gasteiger charge is 2.33. The van der Waals surface area contributed by atoms with Crippen molar-refractivity contribution in [1.82, 2.24) is 5.32 Å². The Morgan fingerprint density at radius 1 is 1.15 bits per heavy atom. The van der Waals surface area contributed by atoms with Gasteiger partial charge in [0, 0.05) is 18.3 Å². The molecule has 0 aromatic heterocycles. The van der Waals surface area contributed by atoms with E-state index in [1.54, 1.807) is 0 Å². The van der Waals surface area contributed by atoms with Crippen LogP contribution in [0, 0.1) is 5.82 Å². The van der Waals surface area contributed by atoms with Gasteiger partial charge in [-0.25, -0.2) is 4.39 Å². The van der Waals surface area contributed by atoms with Crippen LogP contribution in [-0.2, 0) is 15.8 Å². The average molecular weight is 489 g/mol. The molecule has 0 spiro atoms. The number of ether oxygens (including phenoxy) is 1. The highest BCUT2D eigenvalue weighted by Crippen LogP contribution is 2.30. The third kappa shape index (κ3) is 7.76. The minimum atomic E-state index is -4.51. The van der Waals surface area contributed by atoms with Crippen LogP contribution in [0.4, 0.5) is 23.2 Å². The fraction of sp³-hybridized carbons (Fsp3) is 0.273. The third-order valence-electron chi connectivity index (χ3n) is 4.52. The molecular weight excluding hydrogens is 468 g/mol. The molecule has 0 aliphatic rings. The summed E-state index contributed by atoms with van der Waals surface area (Å²) in [4.78, 5) is 24.2. The number of halogens is 5. The summed E-state index contributed by atoms with van der Waals surface area (Å²) in [6.45, 7) is 3.12. The summed E-state index contributed by atoms with van der Waals surface area (Å²) in [6.07, 6.45) is -3.45. The van der Waals surface area contributed by atoms with Crippen LogP contribution in [0.25, 0.3) is 0 Å². The Morgan fingerprint density at radius 2 is 1.82 bits per heavy atom. The maximum Gasteiger partial charge on any atom is 0.416 e. The van der Waals surface area contributed by atoms with Gasteiger partial charge in [0.05, 0.1) is 10.6 Å². The molecule has 0 bridgehead atoms. The van der Waals surface area contributed by atoms with Gasteiger partial charge in [0.2, 0.25) is 0 Å². The summed E-state index contributed by atoms with van der Waals surface area (Å²) < 4.78 is 56.4. The number of hydrogen-bond acceptors (Lipinski definition) is 4. The summed E-state index contributed by atoms with van der Waals surface area (Å²) in [7, 11) is 0. The largest absolute Gasteiger partial charge is 0.484 e. The normalized spacial score (nSPS) is 13.0. The molecule has 0 saturated carbocycles. The zero-order valence-electron chi connectivity index (χ0n) is 17.2. The number of benzene rings is 2. The van der Waals surface area contributed by atoms with Crippen molar-refractivity contribution < 1.29 is 37.0 Å². The zero-order chi connectivity index (χ0) is 24.6. The number of carbonyl (C=O) groups is 2. The predicted molar refractivity (Wildman–Crippen MR) is 114 cm³/mol. The monoisotopic (exact) mass is 488 g/mol. The van der Waals surface area contributed by atoms with Crippen molar-refractivity contribution in [1.29, 1.82) is 0 Å². The quantitative estimate of drug-likeness (QED) is 0.264. The molecular formula is C22H21ClF4N2O4. The van der Waals surface area contributed by atoms with Crippen LogP contribution in [0.1, 0.15) is 18.4 Å². The molecule has 0 heterocycles. The standard InChI is InChI=1S/C22H21ClF4N2O4/c1-2-21(32,20(31)29-15-6-4-14(5-7-15)22(25,26)27)10-3-11-28-19(30)13-33-16-8-9-17(23)18(24)12-16/h2,4-9,12,32H,1,3,10-11,13H2,(H,28,30)(H,29,31). The molecule has 33 heavy (non-hydrogen) atoms. The van der Waals surface area contributed by atoms with Gasteiger partial charge in [-0.3, -0.25) is 9.59 Å². The number of hydrogen-bond donors (Lipinski definition) is 3. The molecule has 11 heteroatoms. The molecule has 6 nitrogen and oxygen atoms in total. The second-order valence-electron chi connectivity index (χ2n) is 6.98. The fourth-order valence-corrected chi connectivity index (χ4v) is 2.76. The van der Waals surface area contributed by atoms with E-state index >= 15 is 0 Å². The van der Waals surface area contributed by atoms with E-state index in [0.29, 0.717) is 0 Å². The lowest BCUT2D eigenvalue weighted by Crippen LogP contribution is -2.42. The van der Waals surface area contributed by atoms with E-state index in [9.17, 15) is 32.3 Å². The first-order chi connectivity index (χ1) is 15.4. The second-order valence-corrected chi connectivity index (χ2v) is 7.38. The summed E-state index contributed by atoms with van der Waals surface area (Å²) in [5.41, 5.74) is -2.82. The minimum Gasteiger partial charge on any atom is -0.484 e. The summed E-state index contributed by atoms with van der Waals surface area (Å²) >= 11 is 5.56. The van der Waals surface area contributed by atoms with Crippen LogP contribution in [0.5, 0.6) is 5.75 Å². The highest BCUT2D eigenvalue weighted by atomic mass is 35.5. The van der Waals surface area contributed by atoms with Crippen molar-refractivity contribution in [3.8, 4) is 5.75 Å². The molecule has 0 saturated heterocycles. The Hall–Kier alpha value is -3.11. The van der Waals surface area contributed by atoms with Crippen molar-refractivity contribution in [3.05, 3.63) is 71.5 Å². The predicted octanol–water partition coefficient (Wildman–Crippen LogP) is 4.33. The van der Waals surface area contributed by atoms with E-state index in [1.165, 1.54) is 12.1 Å². The Bertz CT molecular complexity index is 999. The van der Waals surface area contributed by atoms with Gasteiger partial charge in [0.25, 0.3) is 11.8 Å². The number of amides is 2. The van der Waals surface area contributed by atoms with Crippen LogP contribution in [0.3, 0.4) is 0 Å². The third-order valence-corrected chi connectivity index (χ3v) is 4.83. The Kier molecular flexibility index (Phi) is 8.84. The van der Waals surface area contributed by atoms with Crippen molar-refractivity contribution in [2.24, 2.45) is 0 Å². The summed E-state index contributed by atoms with van der Waals surface area (Å²) in [5, 5.41) is 15.3. The summed E-state index contributed by atoms with van der Waals surface area (Å²) in [6, 6.07) is 7.47. The zero-order valence-corrected chi connectivity index (χ0v) is 18.0. The summed E-state index contributed by atoms with van der Waals surface area (Å²) in [5.74, 6) is -1.96. The topological polar surface area (TPSA) is 87.7 Å². The fourth-order valence-electron chi connectivity index (χ4n) is 2.64. The highest BCUT2D eigenvalue weighted by molar-refractivity contribution is 6.30. The molecule has 0 aliphatic heterocycles. The lowest BCUT2D eigenvalue weighted by Gasteiger charge is -2.23. The molecule has 2 rings (SSSR count). The number of aliphatic hydroxyl groups is 1. The first-order valence-electron chi connectivity index (χ1n) is 9.64. The van der Waals surface area contributed by atoms with Crippen molar-refractivity contribution in [2.75, 3.05) is 18.5 Å². The van der Waals surface area contributed by atoms with E-state index in [1.807, 2.05) is 0 Å². The molecule has 2 aromatic carbocycles. The number of carbonyl (C=O) groups excluding carboxylic acids is 2. The average Bonchev–Trinajstić information content (AvgIpc) is 2.77. The van der Waals surface area contributed by atoms with E-state index in [2.05, 4.69) is 17.2 Å². The van der Waals surface area contributed by atoms with Crippen molar-refractivity contribution in [2.45, 2.75) is 24.6 Å². The minimum absolute atomic E-state index is 0.0670. The second kappa shape index (κ2) is 11.2. The van der Waals surface area contributed by atoms with Crippen LogP contribution in [0.15, 0.2) is 55.1 Å². The van der Waals surface area contributed by atoms with Gasteiger partial charge in [0.1, 0.15) is 11.6 Å². The molecule has 0 fully saturated rings. The van der Waals surface area contributed by atoms with Crippen LogP contribution < -0.4 is 15.4 Å². The maximum absolute atomic E-state index is 13.3. The van der Waals surface area contributed by atoms with E-state index in [4.69, 9.17) is 16.3 Å². The first kappa shape index (κ1) is 26.1. The lowest BCUT2D eigenvalue weighted by molar-refractivity contribution is -0.137. The van der Waals surface area contributed by atoms with Crippen LogP contribution >= 0.6 is 11.6 Å². The first-order valence-corrected chi connectivity index (χ1v) is 10.0. The van der Waals surface area contributed by atoms with Crippen LogP contribution in [0.2, 0.25) is 5.02 Å². The van der Waals surface area contributed by atoms with E-state index < -0.39 is 35.0 Å². The molecule has 2 aromatic rings. The van der Waals surface area contributed by atoms with Crippen LogP contribution in [-0.4, -0.2) is 35.7 Å². The SMILES string of the molecule is C=CC(O)(CCCNC(=O)COc1ccc(Cl)c(F)c1)C(=O)Nc1ccc(C(F)(F)F)cc1. The van der Waals surface area contributed by atoms with Crippen molar-refractivity contribution >= 4 is 29.1 Å². The van der Waals surface area contributed by atoms with Crippen molar-refractivity contribution in [3.63, 3.8) is 0 Å². The van der Waals surface area contributed by atoms with Gasteiger partial charge in [-0.1, -0.05) is 24.3 Å². The van der Waals surface area contributed by atoms with Gasteiger partial charge in [-0.2, -0.15) is 13.2 Å². The van der Waals surface area contributed by atoms with Gasteiger partial charge >= 0.3 is 6.18 Å².